The smallest absolute Gasteiger partial charge is 0.348 e. The molecule has 0 saturated carbocycles. The summed E-state index contributed by atoms with van der Waals surface area (Å²) in [6.45, 7) is 4.20. The quantitative estimate of drug-likeness (QED) is 0.575. The number of aliphatic hydroxyl groups is 1. The molecule has 0 aliphatic rings. The van der Waals surface area contributed by atoms with Gasteiger partial charge in [-0.1, -0.05) is 30.3 Å². The number of ketones is 1. The number of hydrogen-bond donors (Lipinski definition) is 1. The zero-order chi connectivity index (χ0) is 22.0. The molecule has 9 heteroatoms. The number of nitrogens with zero attached hydrogens (tertiary/aromatic N) is 2. The van der Waals surface area contributed by atoms with Crippen molar-refractivity contribution in [2.75, 3.05) is 6.61 Å². The lowest BCUT2D eigenvalue weighted by Crippen LogP contribution is -2.41. The highest BCUT2D eigenvalue weighted by Crippen LogP contribution is 2.29. The molecule has 8 nitrogen and oxygen atoms in total. The summed E-state index contributed by atoms with van der Waals surface area (Å²) in [5, 5.41) is 10.8. The van der Waals surface area contributed by atoms with E-state index in [0.717, 1.165) is 15.9 Å². The van der Waals surface area contributed by atoms with Gasteiger partial charge in [-0.05, 0) is 31.9 Å². The van der Waals surface area contributed by atoms with Crippen LogP contribution in [0.1, 0.15) is 40.8 Å². The average Bonchev–Trinajstić information content (AvgIpc) is 3.06. The fourth-order valence-electron chi connectivity index (χ4n) is 3.26. The summed E-state index contributed by atoms with van der Waals surface area (Å²) in [4.78, 5) is 50.6. The molecule has 2 aromatic heterocycles. The van der Waals surface area contributed by atoms with Gasteiger partial charge in [-0.15, -0.1) is 11.3 Å². The molecular weight excluding hydrogens is 408 g/mol. The summed E-state index contributed by atoms with van der Waals surface area (Å²) in [5.41, 5.74) is -0.367. The summed E-state index contributed by atoms with van der Waals surface area (Å²) >= 11 is 0.971. The van der Waals surface area contributed by atoms with Crippen molar-refractivity contribution in [1.82, 2.24) is 9.13 Å². The molecule has 3 rings (SSSR count). The Kier molecular flexibility index (Phi) is 6.33. The highest BCUT2D eigenvalue weighted by atomic mass is 32.1. The Balaban J connectivity index is 2.26. The van der Waals surface area contributed by atoms with Crippen molar-refractivity contribution in [1.29, 1.82) is 0 Å². The van der Waals surface area contributed by atoms with Gasteiger partial charge >= 0.3 is 11.7 Å². The van der Waals surface area contributed by atoms with Crippen molar-refractivity contribution in [2.45, 2.75) is 40.0 Å². The van der Waals surface area contributed by atoms with Crippen molar-refractivity contribution < 1.29 is 19.4 Å². The molecule has 30 heavy (non-hydrogen) atoms. The first kappa shape index (κ1) is 21.7. The van der Waals surface area contributed by atoms with E-state index >= 15 is 0 Å². The summed E-state index contributed by atoms with van der Waals surface area (Å²) in [5.74, 6) is -0.946. The summed E-state index contributed by atoms with van der Waals surface area (Å²) in [7, 11) is 0. The number of fused-ring (bicyclic) bond motifs is 1. The third-order valence-corrected chi connectivity index (χ3v) is 5.97. The third-order valence-electron chi connectivity index (χ3n) is 4.68. The van der Waals surface area contributed by atoms with Gasteiger partial charge in [-0.3, -0.25) is 18.7 Å². The number of carbonyl (C=O) groups is 2. The Morgan fingerprint density at radius 3 is 2.43 bits per heavy atom. The van der Waals surface area contributed by atoms with E-state index in [1.54, 1.807) is 38.1 Å². The van der Waals surface area contributed by atoms with Gasteiger partial charge in [0.25, 0.3) is 5.56 Å². The highest BCUT2D eigenvalue weighted by Gasteiger charge is 2.25. The Labute approximate surface area is 176 Å². The van der Waals surface area contributed by atoms with E-state index in [1.807, 2.05) is 6.07 Å². The van der Waals surface area contributed by atoms with Gasteiger partial charge in [-0.2, -0.15) is 0 Å². The van der Waals surface area contributed by atoms with Gasteiger partial charge in [0, 0.05) is 0 Å². The highest BCUT2D eigenvalue weighted by molar-refractivity contribution is 7.20. The van der Waals surface area contributed by atoms with Crippen LogP contribution >= 0.6 is 11.3 Å². The Bertz CT molecular complexity index is 1220. The lowest BCUT2D eigenvalue weighted by Gasteiger charge is -2.15. The standard InChI is InChI=1S/C21H22N2O6S/c1-4-29-20(27)17-13(3)16-18(26)22(10-12(2)24)21(28)23(19(16)30-17)11-15(25)14-8-6-5-7-9-14/h5-9,15,25H,4,10-11H2,1-3H3/t15-/m1/s1. The Morgan fingerprint density at radius 2 is 1.83 bits per heavy atom. The minimum absolute atomic E-state index is 0.139. The molecule has 0 unspecified atom stereocenters. The van der Waals surface area contributed by atoms with Crippen LogP contribution in [0, 0.1) is 6.92 Å². The lowest BCUT2D eigenvalue weighted by molar-refractivity contribution is -0.117. The van der Waals surface area contributed by atoms with E-state index < -0.39 is 23.3 Å². The molecule has 0 radical (unpaired) electrons. The largest absolute Gasteiger partial charge is 0.462 e. The first-order chi connectivity index (χ1) is 14.3. The molecule has 1 atom stereocenters. The summed E-state index contributed by atoms with van der Waals surface area (Å²) in [6, 6.07) is 8.79. The molecule has 0 fully saturated rings. The first-order valence-electron chi connectivity index (χ1n) is 9.42. The monoisotopic (exact) mass is 430 g/mol. The normalized spacial score (nSPS) is 12.1. The predicted octanol–water partition coefficient (Wildman–Crippen LogP) is 2.03. The van der Waals surface area contributed by atoms with Gasteiger partial charge in [-0.25, -0.2) is 9.59 Å². The maximum atomic E-state index is 13.1. The van der Waals surface area contributed by atoms with Crippen LogP contribution in [-0.4, -0.2) is 32.6 Å². The van der Waals surface area contributed by atoms with Gasteiger partial charge in [0.15, 0.2) is 0 Å². The molecule has 0 aliphatic heterocycles. The fraction of sp³-hybridized carbons (Fsp3) is 0.333. The van der Waals surface area contributed by atoms with E-state index in [4.69, 9.17) is 4.74 Å². The number of carbonyl (C=O) groups excluding carboxylic acids is 2. The number of esters is 1. The Morgan fingerprint density at radius 1 is 1.17 bits per heavy atom. The van der Waals surface area contributed by atoms with E-state index in [9.17, 15) is 24.3 Å². The lowest BCUT2D eigenvalue weighted by atomic mass is 10.1. The van der Waals surface area contributed by atoms with E-state index in [2.05, 4.69) is 0 Å². The van der Waals surface area contributed by atoms with Gasteiger partial charge in [0.05, 0.1) is 31.2 Å². The fourth-order valence-corrected chi connectivity index (χ4v) is 4.46. The number of aliphatic hydroxyl groups excluding tert-OH is 1. The summed E-state index contributed by atoms with van der Waals surface area (Å²) < 4.78 is 7.16. The van der Waals surface area contributed by atoms with Crippen LogP contribution < -0.4 is 11.2 Å². The average molecular weight is 430 g/mol. The number of Topliss-reactive ketones (excluding diaryl/α,β-unsaturated/α-hetero) is 1. The van der Waals surface area contributed by atoms with Crippen LogP contribution in [0.15, 0.2) is 39.9 Å². The minimum Gasteiger partial charge on any atom is -0.462 e. The van der Waals surface area contributed by atoms with E-state index in [-0.39, 0.29) is 40.6 Å². The minimum atomic E-state index is -1.02. The molecule has 1 aromatic carbocycles. The van der Waals surface area contributed by atoms with Crippen molar-refractivity contribution in [3.05, 3.63) is 67.2 Å². The number of rotatable bonds is 7. The number of benzene rings is 1. The molecule has 3 aromatic rings. The van der Waals surface area contributed by atoms with Gasteiger partial charge < -0.3 is 9.84 Å². The zero-order valence-electron chi connectivity index (χ0n) is 16.9. The van der Waals surface area contributed by atoms with Crippen molar-refractivity contribution in [3.63, 3.8) is 0 Å². The Hall–Kier alpha value is -3.04. The van der Waals surface area contributed by atoms with E-state index in [1.165, 1.54) is 11.5 Å². The topological polar surface area (TPSA) is 108 Å². The van der Waals surface area contributed by atoms with E-state index in [0.29, 0.717) is 11.1 Å². The van der Waals surface area contributed by atoms with Crippen molar-refractivity contribution in [3.8, 4) is 0 Å². The van der Waals surface area contributed by atoms with Crippen LogP contribution in [0.3, 0.4) is 0 Å². The molecule has 0 saturated heterocycles. The van der Waals surface area contributed by atoms with Crippen LogP contribution in [-0.2, 0) is 22.6 Å². The molecule has 0 aliphatic carbocycles. The number of thiophene rings is 1. The molecule has 158 valence electrons. The number of hydrogen-bond acceptors (Lipinski definition) is 7. The zero-order valence-corrected chi connectivity index (χ0v) is 17.7. The van der Waals surface area contributed by atoms with Crippen molar-refractivity contribution in [2.24, 2.45) is 0 Å². The molecular formula is C21H22N2O6S. The SMILES string of the molecule is CCOC(=O)c1sc2c(c1C)c(=O)n(CC(C)=O)c(=O)n2C[C@@H](O)c1ccccc1. The molecule has 0 spiro atoms. The second-order valence-corrected chi connectivity index (χ2v) is 7.87. The van der Waals surface area contributed by atoms with Crippen LogP contribution in [0.2, 0.25) is 0 Å². The van der Waals surface area contributed by atoms with Gasteiger partial charge in [0.1, 0.15) is 15.5 Å². The maximum Gasteiger partial charge on any atom is 0.348 e. The predicted molar refractivity (Wildman–Crippen MR) is 113 cm³/mol. The second kappa shape index (κ2) is 8.76. The number of ether oxygens (including phenoxy) is 1. The number of aromatic nitrogens is 2. The second-order valence-electron chi connectivity index (χ2n) is 6.87. The molecule has 2 heterocycles. The first-order valence-corrected chi connectivity index (χ1v) is 10.2. The van der Waals surface area contributed by atoms with Crippen LogP contribution in [0.25, 0.3) is 10.2 Å². The molecule has 0 bridgehead atoms. The molecule has 0 amide bonds. The van der Waals surface area contributed by atoms with Crippen molar-refractivity contribution >= 4 is 33.3 Å². The maximum absolute atomic E-state index is 13.1. The van der Waals surface area contributed by atoms with Gasteiger partial charge in [0.2, 0.25) is 0 Å². The molecule has 1 N–H and O–H groups in total. The summed E-state index contributed by atoms with van der Waals surface area (Å²) in [6.07, 6.45) is -1.02. The number of aryl methyl sites for hydroxylation is 1. The van der Waals surface area contributed by atoms with Crippen LogP contribution in [0.5, 0.6) is 0 Å². The third kappa shape index (κ3) is 3.99. The van der Waals surface area contributed by atoms with Crippen LogP contribution in [0.4, 0.5) is 0 Å².